The molecule has 2 aromatic rings. The molecule has 194 valence electrons. The fraction of sp³-hybridized carbons (Fsp3) is 0.500. The van der Waals surface area contributed by atoms with E-state index in [1.807, 2.05) is 4.57 Å². The predicted octanol–water partition coefficient (Wildman–Crippen LogP) is 3.96. The maximum atomic E-state index is 13.2. The highest BCUT2D eigenvalue weighted by atomic mass is 32.2. The van der Waals surface area contributed by atoms with Crippen molar-refractivity contribution in [3.63, 3.8) is 0 Å². The lowest BCUT2D eigenvalue weighted by atomic mass is 9.69. The summed E-state index contributed by atoms with van der Waals surface area (Å²) >= 11 is 0. The van der Waals surface area contributed by atoms with Crippen molar-refractivity contribution in [2.45, 2.75) is 56.5 Å². The normalized spacial score (nSPS) is 18.4. The van der Waals surface area contributed by atoms with Crippen molar-refractivity contribution in [2.24, 2.45) is 0 Å². The van der Waals surface area contributed by atoms with Crippen LogP contribution in [0.4, 0.5) is 18.9 Å². The Labute approximate surface area is 205 Å². The van der Waals surface area contributed by atoms with Gasteiger partial charge in [-0.2, -0.15) is 21.6 Å². The number of hydrogen-bond donors (Lipinski definition) is 0. The Morgan fingerprint density at radius 1 is 1.11 bits per heavy atom. The molecular weight excluding hydrogens is 501 g/mol. The molecule has 0 amide bonds. The van der Waals surface area contributed by atoms with Crippen LogP contribution in [-0.4, -0.2) is 44.2 Å². The molecule has 3 heterocycles. The molecule has 1 spiro atoms. The highest BCUT2D eigenvalue weighted by Gasteiger charge is 2.49. The molecule has 12 heteroatoms. The van der Waals surface area contributed by atoms with Gasteiger partial charge in [-0.3, -0.25) is 4.79 Å². The van der Waals surface area contributed by atoms with Crippen LogP contribution in [0.2, 0.25) is 0 Å². The summed E-state index contributed by atoms with van der Waals surface area (Å²) in [6.07, 6.45) is 5.86. The minimum atomic E-state index is -5.87. The molecule has 36 heavy (non-hydrogen) atoms. The summed E-state index contributed by atoms with van der Waals surface area (Å²) in [6.45, 7) is 2.83. The van der Waals surface area contributed by atoms with Gasteiger partial charge in [-0.05, 0) is 63.1 Å². The van der Waals surface area contributed by atoms with Crippen LogP contribution in [0, 0.1) is 0 Å². The smallest absolute Gasteiger partial charge is 0.462 e. The molecule has 0 radical (unpaired) electrons. The standard InChI is InChI=1S/C24H25F3N2O6S/c1-2-34-22(31)17-14-29-18(12-20(17)30)16-11-19(28-8-3-4-9-28)21(35-36(32,33)24(25,26)27)10-15(16)13-23(29)6-5-7-23/h10-12,14H,2-9,13H2,1H3. The Morgan fingerprint density at radius 2 is 1.81 bits per heavy atom. The highest BCUT2D eigenvalue weighted by molar-refractivity contribution is 7.88. The lowest BCUT2D eigenvalue weighted by Crippen LogP contribution is -2.46. The predicted molar refractivity (Wildman–Crippen MR) is 125 cm³/mol. The minimum Gasteiger partial charge on any atom is -0.462 e. The number of hydrogen-bond acceptors (Lipinski definition) is 7. The van der Waals surface area contributed by atoms with Gasteiger partial charge >= 0.3 is 21.6 Å². The number of fused-ring (bicyclic) bond motifs is 4. The fourth-order valence-electron chi connectivity index (χ4n) is 5.37. The Kier molecular flexibility index (Phi) is 5.85. The fourth-order valence-corrected chi connectivity index (χ4v) is 5.83. The van der Waals surface area contributed by atoms with E-state index >= 15 is 0 Å². The number of ether oxygens (including phenoxy) is 1. The second-order valence-corrected chi connectivity index (χ2v) is 11.0. The van der Waals surface area contributed by atoms with Crippen molar-refractivity contribution in [3.05, 3.63) is 45.7 Å². The van der Waals surface area contributed by atoms with Gasteiger partial charge in [-0.1, -0.05) is 0 Å². The van der Waals surface area contributed by atoms with Gasteiger partial charge in [0.25, 0.3) is 0 Å². The monoisotopic (exact) mass is 526 g/mol. The number of anilines is 1. The summed E-state index contributed by atoms with van der Waals surface area (Å²) < 4.78 is 74.9. The van der Waals surface area contributed by atoms with Gasteiger partial charge in [0.05, 0.1) is 18.0 Å². The topological polar surface area (TPSA) is 94.9 Å². The van der Waals surface area contributed by atoms with Crippen molar-refractivity contribution >= 4 is 21.8 Å². The van der Waals surface area contributed by atoms with E-state index in [0.29, 0.717) is 36.3 Å². The van der Waals surface area contributed by atoms with Gasteiger partial charge in [0.2, 0.25) is 0 Å². The highest BCUT2D eigenvalue weighted by Crippen LogP contribution is 2.51. The number of alkyl halides is 3. The third kappa shape index (κ3) is 3.95. The number of aromatic nitrogens is 1. The second kappa shape index (κ2) is 8.53. The van der Waals surface area contributed by atoms with Crippen molar-refractivity contribution in [1.29, 1.82) is 0 Å². The Morgan fingerprint density at radius 3 is 2.39 bits per heavy atom. The number of esters is 1. The molecule has 1 saturated heterocycles. The average molecular weight is 527 g/mol. The van der Waals surface area contributed by atoms with Gasteiger partial charge in [-0.25, -0.2) is 4.79 Å². The zero-order chi connectivity index (χ0) is 25.9. The molecule has 5 rings (SSSR count). The molecule has 0 bridgehead atoms. The quantitative estimate of drug-likeness (QED) is 0.331. The number of pyridine rings is 1. The zero-order valence-electron chi connectivity index (χ0n) is 19.6. The summed E-state index contributed by atoms with van der Waals surface area (Å²) in [5.74, 6) is -1.08. The number of halogens is 3. The van der Waals surface area contributed by atoms with Crippen LogP contribution < -0.4 is 14.5 Å². The third-order valence-electron chi connectivity index (χ3n) is 7.25. The minimum absolute atomic E-state index is 0.0775. The number of nitrogens with zero attached hydrogens (tertiary/aromatic N) is 2. The molecule has 1 saturated carbocycles. The molecule has 1 aliphatic carbocycles. The van der Waals surface area contributed by atoms with E-state index in [-0.39, 0.29) is 23.6 Å². The summed E-state index contributed by atoms with van der Waals surface area (Å²) in [7, 11) is -5.87. The molecular formula is C24H25F3N2O6S. The lowest BCUT2D eigenvalue weighted by molar-refractivity contribution is -0.0500. The maximum Gasteiger partial charge on any atom is 0.534 e. The lowest BCUT2D eigenvalue weighted by Gasteiger charge is -2.49. The molecule has 0 unspecified atom stereocenters. The average Bonchev–Trinajstić information content (AvgIpc) is 3.30. The van der Waals surface area contributed by atoms with Crippen molar-refractivity contribution < 1.29 is 35.3 Å². The first kappa shape index (κ1) is 24.7. The van der Waals surface area contributed by atoms with Crippen LogP contribution in [0.15, 0.2) is 29.2 Å². The van der Waals surface area contributed by atoms with E-state index in [1.165, 1.54) is 18.3 Å². The summed E-state index contributed by atoms with van der Waals surface area (Å²) in [4.78, 5) is 27.1. The van der Waals surface area contributed by atoms with Crippen LogP contribution in [-0.2, 0) is 26.8 Å². The second-order valence-electron chi connectivity index (χ2n) is 9.44. The van der Waals surface area contributed by atoms with E-state index in [4.69, 9.17) is 4.74 Å². The van der Waals surface area contributed by atoms with E-state index in [2.05, 4.69) is 4.18 Å². The van der Waals surface area contributed by atoms with Gasteiger partial charge in [0, 0.05) is 36.5 Å². The van der Waals surface area contributed by atoms with Crippen LogP contribution in [0.1, 0.15) is 54.9 Å². The van der Waals surface area contributed by atoms with Crippen molar-refractivity contribution in [1.82, 2.24) is 4.57 Å². The molecule has 1 aromatic heterocycles. The molecule has 2 aliphatic heterocycles. The first-order valence-corrected chi connectivity index (χ1v) is 13.2. The molecule has 0 atom stereocenters. The third-order valence-corrected chi connectivity index (χ3v) is 8.22. The van der Waals surface area contributed by atoms with E-state index in [1.54, 1.807) is 17.9 Å². The summed E-state index contributed by atoms with van der Waals surface area (Å²) in [5, 5.41) is 0. The van der Waals surface area contributed by atoms with Crippen molar-refractivity contribution in [3.8, 4) is 17.0 Å². The molecule has 1 aromatic carbocycles. The van der Waals surface area contributed by atoms with Gasteiger partial charge in [-0.15, -0.1) is 0 Å². The number of benzene rings is 1. The van der Waals surface area contributed by atoms with Gasteiger partial charge in [0.15, 0.2) is 11.2 Å². The summed E-state index contributed by atoms with van der Waals surface area (Å²) in [6, 6.07) is 4.31. The zero-order valence-corrected chi connectivity index (χ0v) is 20.4. The molecule has 0 N–H and O–H groups in total. The van der Waals surface area contributed by atoms with Gasteiger partial charge < -0.3 is 18.4 Å². The van der Waals surface area contributed by atoms with Gasteiger partial charge in [0.1, 0.15) is 5.56 Å². The van der Waals surface area contributed by atoms with Crippen molar-refractivity contribution in [2.75, 3.05) is 24.6 Å². The van der Waals surface area contributed by atoms with Crippen LogP contribution in [0.25, 0.3) is 11.3 Å². The maximum absolute atomic E-state index is 13.2. The van der Waals surface area contributed by atoms with E-state index in [0.717, 1.165) is 32.1 Å². The van der Waals surface area contributed by atoms with Crippen LogP contribution in [0.5, 0.6) is 5.75 Å². The Balaban J connectivity index is 1.69. The first-order valence-electron chi connectivity index (χ1n) is 11.8. The number of rotatable bonds is 5. The number of carbonyl (C=O) groups is 1. The number of carbonyl (C=O) groups excluding carboxylic acids is 1. The Bertz CT molecular complexity index is 1390. The van der Waals surface area contributed by atoms with Crippen LogP contribution in [0.3, 0.4) is 0 Å². The SMILES string of the molecule is CCOC(=O)c1cn2c(cc1=O)-c1cc(N3CCCC3)c(OS(=O)(=O)C(F)(F)F)cc1CC21CCC1. The summed E-state index contributed by atoms with van der Waals surface area (Å²) in [5.41, 5.74) is -4.71. The molecule has 2 fully saturated rings. The Hall–Kier alpha value is -3.02. The molecule has 8 nitrogen and oxygen atoms in total. The largest absolute Gasteiger partial charge is 0.534 e. The van der Waals surface area contributed by atoms with E-state index < -0.39 is 32.6 Å². The molecule has 3 aliphatic rings. The first-order chi connectivity index (χ1) is 17.0. The van der Waals surface area contributed by atoms with E-state index in [9.17, 15) is 31.2 Å². The van der Waals surface area contributed by atoms with Crippen LogP contribution >= 0.6 is 0 Å².